The molecule has 1 saturated heterocycles. The zero-order chi connectivity index (χ0) is 16.6. The molecule has 0 amide bonds. The maximum atomic E-state index is 12.7. The molecule has 2 aliphatic rings. The molecule has 1 spiro atoms. The topological polar surface area (TPSA) is 64.6 Å². The third-order valence-corrected chi connectivity index (χ3v) is 7.14. The quantitative estimate of drug-likeness (QED) is 0.832. The third kappa shape index (κ3) is 3.14. The third-order valence-electron chi connectivity index (χ3n) is 4.79. The minimum absolute atomic E-state index is 0.238. The van der Waals surface area contributed by atoms with E-state index in [1.165, 1.54) is 5.56 Å². The largest absolute Gasteiger partial charge is 0.593 e. The van der Waals surface area contributed by atoms with Crippen molar-refractivity contribution in [1.29, 1.82) is 0 Å². The molecule has 1 atom stereocenters. The second-order valence-corrected chi connectivity index (χ2v) is 8.96. The predicted molar refractivity (Wildman–Crippen MR) is 93.7 cm³/mol. The van der Waals surface area contributed by atoms with Crippen molar-refractivity contribution in [1.82, 2.24) is 9.62 Å². The van der Waals surface area contributed by atoms with Gasteiger partial charge in [0.1, 0.15) is 6.61 Å². The Labute approximate surface area is 147 Å². The molecule has 1 aromatic heterocycles. The molecule has 4 rings (SSSR count). The van der Waals surface area contributed by atoms with Crippen molar-refractivity contribution in [3.63, 3.8) is 0 Å². The molecular weight excluding hydrogens is 344 g/mol. The van der Waals surface area contributed by atoms with Crippen molar-refractivity contribution >= 4 is 21.7 Å². The number of hydrogen-bond acceptors (Lipinski definition) is 5. The molecule has 1 N–H and O–H groups in total. The molecule has 0 bridgehead atoms. The second kappa shape index (κ2) is 6.24. The van der Waals surface area contributed by atoms with Gasteiger partial charge in [-0.25, -0.2) is 0 Å². The average Bonchev–Trinajstić information content (AvgIpc) is 3.05. The maximum absolute atomic E-state index is 12.7. The van der Waals surface area contributed by atoms with Crippen LogP contribution in [-0.4, -0.2) is 34.7 Å². The van der Waals surface area contributed by atoms with E-state index >= 15 is 0 Å². The smallest absolute Gasteiger partial charge is 0.216 e. The van der Waals surface area contributed by atoms with E-state index in [1.807, 2.05) is 0 Å². The molecule has 24 heavy (non-hydrogen) atoms. The first-order valence-electron chi connectivity index (χ1n) is 8.06. The first kappa shape index (κ1) is 16.2. The van der Waals surface area contributed by atoms with E-state index < -0.39 is 15.9 Å². The van der Waals surface area contributed by atoms with Crippen LogP contribution in [0.25, 0.3) is 0 Å². The van der Waals surface area contributed by atoms with Crippen LogP contribution in [-0.2, 0) is 21.2 Å². The number of benzene rings is 1. The number of likely N-dealkylation sites (tertiary alicyclic amines) is 1. The molecule has 0 aliphatic carbocycles. The van der Waals surface area contributed by atoms with Gasteiger partial charge in [-0.05, 0) is 47.4 Å². The fourth-order valence-electron chi connectivity index (χ4n) is 3.40. The van der Waals surface area contributed by atoms with E-state index in [-0.39, 0.29) is 4.90 Å². The Morgan fingerprint density at radius 3 is 2.83 bits per heavy atom. The Kier molecular flexibility index (Phi) is 4.22. The highest BCUT2D eigenvalue weighted by atomic mass is 32.3. The van der Waals surface area contributed by atoms with Crippen molar-refractivity contribution in [2.45, 2.75) is 29.8 Å². The van der Waals surface area contributed by atoms with Gasteiger partial charge >= 0.3 is 0 Å². The number of sulfonamides is 1. The summed E-state index contributed by atoms with van der Waals surface area (Å²) >= 11 is 1.71. The van der Waals surface area contributed by atoms with E-state index in [4.69, 9.17) is 4.74 Å². The highest BCUT2D eigenvalue weighted by Gasteiger charge is 2.45. The van der Waals surface area contributed by atoms with Crippen LogP contribution in [0.15, 0.2) is 46.0 Å². The van der Waals surface area contributed by atoms with Crippen LogP contribution < -0.4 is 9.46 Å². The van der Waals surface area contributed by atoms with Gasteiger partial charge in [-0.15, -0.1) is 4.72 Å². The Bertz CT molecular complexity index is 755. The molecule has 2 aromatic rings. The van der Waals surface area contributed by atoms with Crippen molar-refractivity contribution in [3.8, 4) is 5.75 Å². The molecule has 0 radical (unpaired) electrons. The number of hydrogen-bond donors (Lipinski definition) is 1. The van der Waals surface area contributed by atoms with Crippen molar-refractivity contribution in [2.24, 2.45) is 0 Å². The van der Waals surface area contributed by atoms with E-state index in [0.717, 1.165) is 32.5 Å². The highest BCUT2D eigenvalue weighted by Crippen LogP contribution is 2.35. The predicted octanol–water partition coefficient (Wildman–Crippen LogP) is 2.67. The van der Waals surface area contributed by atoms with Crippen molar-refractivity contribution in [2.75, 3.05) is 19.7 Å². The van der Waals surface area contributed by atoms with Gasteiger partial charge in [-0.3, -0.25) is 4.90 Å². The van der Waals surface area contributed by atoms with Gasteiger partial charge in [0, 0.05) is 19.6 Å². The summed E-state index contributed by atoms with van der Waals surface area (Å²) in [5.74, 6) is 0.447. The van der Waals surface area contributed by atoms with Gasteiger partial charge in [0.2, 0.25) is 4.90 Å². The molecule has 7 heteroatoms. The van der Waals surface area contributed by atoms with Gasteiger partial charge in [0.15, 0.2) is 16.1 Å². The van der Waals surface area contributed by atoms with Gasteiger partial charge in [0.25, 0.3) is 0 Å². The van der Waals surface area contributed by atoms with Gasteiger partial charge in [-0.2, -0.15) is 11.3 Å². The van der Waals surface area contributed by atoms with Crippen molar-refractivity contribution in [3.05, 3.63) is 46.7 Å². The lowest BCUT2D eigenvalue weighted by Crippen LogP contribution is -2.58. The van der Waals surface area contributed by atoms with E-state index in [0.29, 0.717) is 12.4 Å². The number of ether oxygens (including phenoxy) is 1. The number of nitrogens with one attached hydrogen (secondary N) is 1. The lowest BCUT2D eigenvalue weighted by molar-refractivity contribution is 0.102. The molecular formula is C17H20N2O3S2. The van der Waals surface area contributed by atoms with Crippen LogP contribution in [0.5, 0.6) is 5.75 Å². The summed E-state index contributed by atoms with van der Waals surface area (Å²) in [5.41, 5.74) is 0.810. The SMILES string of the molecule is O=[S+]1([O-])NC2(CCN(Cc3ccsc3)CC2)COc2ccccc21. The molecule has 3 heterocycles. The van der Waals surface area contributed by atoms with Gasteiger partial charge in [-0.1, -0.05) is 16.3 Å². The Morgan fingerprint density at radius 2 is 2.08 bits per heavy atom. The zero-order valence-corrected chi connectivity index (χ0v) is 14.9. The normalized spacial score (nSPS) is 26.5. The second-order valence-electron chi connectivity index (χ2n) is 6.53. The first-order valence-corrected chi connectivity index (χ1v) is 10.5. The summed E-state index contributed by atoms with van der Waals surface area (Å²) in [6.07, 6.45) is 1.51. The molecule has 1 unspecified atom stereocenters. The Hall–Kier alpha value is -1.25. The number of thiophene rings is 1. The number of piperidine rings is 1. The van der Waals surface area contributed by atoms with Gasteiger partial charge < -0.3 is 9.29 Å². The van der Waals surface area contributed by atoms with E-state index in [1.54, 1.807) is 35.6 Å². The minimum atomic E-state index is -3.55. The number of para-hydroxylation sites is 1. The number of rotatable bonds is 2. The summed E-state index contributed by atoms with van der Waals surface area (Å²) < 4.78 is 34.2. The fourth-order valence-corrected chi connectivity index (χ4v) is 5.66. The van der Waals surface area contributed by atoms with Crippen LogP contribution in [0.4, 0.5) is 0 Å². The number of nitrogens with zero attached hydrogens (tertiary/aromatic N) is 1. The Balaban J connectivity index is 1.49. The Morgan fingerprint density at radius 1 is 1.29 bits per heavy atom. The fraction of sp³-hybridized carbons (Fsp3) is 0.412. The first-order chi connectivity index (χ1) is 11.6. The zero-order valence-electron chi connectivity index (χ0n) is 13.3. The van der Waals surface area contributed by atoms with Crippen molar-refractivity contribution < 1.29 is 13.5 Å². The van der Waals surface area contributed by atoms with Crippen LogP contribution >= 0.6 is 11.3 Å². The number of fused-ring (bicyclic) bond motifs is 1. The summed E-state index contributed by atoms with van der Waals surface area (Å²) in [4.78, 5) is 2.61. The molecule has 1 aromatic carbocycles. The lowest BCUT2D eigenvalue weighted by Gasteiger charge is -2.40. The summed E-state index contributed by atoms with van der Waals surface area (Å²) in [5, 5.41) is 4.25. The van der Waals surface area contributed by atoms with Crippen LogP contribution in [0, 0.1) is 0 Å². The molecule has 2 aliphatic heterocycles. The molecule has 128 valence electrons. The maximum Gasteiger partial charge on any atom is 0.216 e. The lowest BCUT2D eigenvalue weighted by atomic mass is 9.89. The molecule has 0 saturated carbocycles. The molecule has 5 nitrogen and oxygen atoms in total. The van der Waals surface area contributed by atoms with Crippen LogP contribution in [0.2, 0.25) is 0 Å². The average molecular weight is 364 g/mol. The summed E-state index contributed by atoms with van der Waals surface area (Å²) in [6.45, 7) is 3.03. The summed E-state index contributed by atoms with van der Waals surface area (Å²) in [7, 11) is -3.55. The van der Waals surface area contributed by atoms with Crippen LogP contribution in [0.1, 0.15) is 18.4 Å². The van der Waals surface area contributed by atoms with Crippen LogP contribution in [0.3, 0.4) is 0 Å². The van der Waals surface area contributed by atoms with E-state index in [9.17, 15) is 8.76 Å². The molecule has 1 fully saturated rings. The standard InChI is InChI=1S/C17H20N2O3S2/c20-24(21)16-4-2-1-3-15(16)22-13-17(18-24)6-8-19(9-7-17)11-14-5-10-23-12-14/h1-5,10,12H,6-9,11,13H2,(H-,18,20,21). The monoisotopic (exact) mass is 364 g/mol. The minimum Gasteiger partial charge on any atom is -0.593 e. The highest BCUT2D eigenvalue weighted by molar-refractivity contribution is 7.96. The summed E-state index contributed by atoms with van der Waals surface area (Å²) in [6, 6.07) is 8.99. The van der Waals surface area contributed by atoms with E-state index in [2.05, 4.69) is 26.4 Å². The van der Waals surface area contributed by atoms with Gasteiger partial charge in [0.05, 0.1) is 5.54 Å².